The van der Waals surface area contributed by atoms with Gasteiger partial charge in [0.2, 0.25) is 0 Å². The number of Topliss-reactive ketones (excluding diaryl/α,β-unsaturated/α-hetero) is 1. The van der Waals surface area contributed by atoms with Crippen molar-refractivity contribution < 1.29 is 85.4 Å². The number of ketones is 1. The monoisotopic (exact) mass is 643 g/mol. The smallest absolute Gasteiger partial charge is 0.917 e. The molecule has 1 aliphatic carbocycles. The third-order valence-electron chi connectivity index (χ3n) is 6.58. The van der Waals surface area contributed by atoms with Crippen molar-refractivity contribution in [3.8, 4) is 0 Å². The fraction of sp³-hybridized carbons (Fsp3) is 0.467. The minimum Gasteiger partial charge on any atom is -0.917 e. The van der Waals surface area contributed by atoms with Crippen molar-refractivity contribution in [1.29, 1.82) is 0 Å². The van der Waals surface area contributed by atoms with E-state index in [4.69, 9.17) is 36.7 Å². The van der Waals surface area contributed by atoms with E-state index in [0.717, 1.165) is 32.3 Å². The van der Waals surface area contributed by atoms with E-state index >= 15 is 0 Å². The van der Waals surface area contributed by atoms with Gasteiger partial charge in [0.1, 0.15) is 13.2 Å². The Morgan fingerprint density at radius 3 is 1.52 bits per heavy atom. The molecular weight excluding hydrogens is 607 g/mol. The molecule has 0 radical (unpaired) electrons. The number of hydrogen-bond acceptors (Lipinski definition) is 13. The van der Waals surface area contributed by atoms with Gasteiger partial charge in [-0.15, -0.1) is 0 Å². The van der Waals surface area contributed by atoms with Crippen molar-refractivity contribution in [1.82, 2.24) is 0 Å². The van der Waals surface area contributed by atoms with Gasteiger partial charge in [-0.25, -0.2) is 14.4 Å². The molecule has 0 heterocycles. The second kappa shape index (κ2) is 22.0. The fourth-order valence-electron chi connectivity index (χ4n) is 4.37. The summed E-state index contributed by atoms with van der Waals surface area (Å²) in [6.07, 6.45) is 4.16. The van der Waals surface area contributed by atoms with E-state index in [9.17, 15) is 19.2 Å². The van der Waals surface area contributed by atoms with Crippen molar-refractivity contribution in [2.24, 2.45) is 11.8 Å². The maximum atomic E-state index is 12.5. The standard InChI is InChI=1S/C30H36O9.Na.O3S/c1-21(31)24-5-3-6-25(17-24)28(32)37-15-13-36-14-16-38-29(33)26-7-4-8-27(18-26)30(34)39-20-23-11-9-22(10-12-23)19-35-2;;1-4(2)3/h3-8,17-18,22-23H,9-16,19-20H2,1-2H3;;/q;+1;-2. The van der Waals surface area contributed by atoms with E-state index < -0.39 is 28.9 Å². The van der Waals surface area contributed by atoms with Gasteiger partial charge < -0.3 is 36.7 Å². The average molecular weight is 644 g/mol. The molecule has 0 N–H and O–H groups in total. The number of methoxy groups -OCH3 is 1. The Balaban J connectivity index is 0.00000182. The van der Waals surface area contributed by atoms with Crippen LogP contribution in [-0.4, -0.2) is 75.0 Å². The molecule has 2 aromatic rings. The summed E-state index contributed by atoms with van der Waals surface area (Å²) < 4.78 is 51.8. The van der Waals surface area contributed by atoms with Gasteiger partial charge in [0.25, 0.3) is 0 Å². The summed E-state index contributed by atoms with van der Waals surface area (Å²) in [5.74, 6) is -0.815. The number of carbonyl (C=O) groups excluding carboxylic acids is 4. The molecule has 0 bridgehead atoms. The summed E-state index contributed by atoms with van der Waals surface area (Å²) in [5, 5.41) is 0. The van der Waals surface area contributed by atoms with Crippen LogP contribution in [0.5, 0.6) is 0 Å². The van der Waals surface area contributed by atoms with Crippen molar-refractivity contribution in [3.63, 3.8) is 0 Å². The van der Waals surface area contributed by atoms with Crippen LogP contribution in [0.1, 0.15) is 74.0 Å². The Morgan fingerprint density at radius 1 is 0.705 bits per heavy atom. The van der Waals surface area contributed by atoms with E-state index in [1.807, 2.05) is 0 Å². The first-order valence-corrected chi connectivity index (χ1v) is 14.7. The van der Waals surface area contributed by atoms with Gasteiger partial charge in [-0.3, -0.25) is 4.79 Å². The number of esters is 3. The first-order valence-electron chi connectivity index (χ1n) is 13.7. The largest absolute Gasteiger partial charge is 1.00 e. The van der Waals surface area contributed by atoms with Gasteiger partial charge in [-0.05, 0) is 74.8 Å². The maximum absolute atomic E-state index is 12.5. The topological polar surface area (TPSA) is 172 Å². The molecule has 12 nitrogen and oxygen atoms in total. The molecule has 0 spiro atoms. The van der Waals surface area contributed by atoms with Crippen LogP contribution in [0.2, 0.25) is 0 Å². The average Bonchev–Trinajstić information content (AvgIpc) is 2.99. The van der Waals surface area contributed by atoms with Crippen molar-refractivity contribution in [2.45, 2.75) is 32.6 Å². The maximum Gasteiger partial charge on any atom is 1.00 e. The van der Waals surface area contributed by atoms with Crippen LogP contribution >= 0.6 is 0 Å². The van der Waals surface area contributed by atoms with Gasteiger partial charge in [0.05, 0.1) is 36.5 Å². The van der Waals surface area contributed by atoms with E-state index in [1.165, 1.54) is 19.1 Å². The van der Waals surface area contributed by atoms with E-state index in [2.05, 4.69) is 0 Å². The summed E-state index contributed by atoms with van der Waals surface area (Å²) >= 11 is 0. The Morgan fingerprint density at radius 2 is 1.09 bits per heavy atom. The number of ether oxygens (including phenoxy) is 5. The predicted molar refractivity (Wildman–Crippen MR) is 151 cm³/mol. The Bertz CT molecular complexity index is 1280. The first-order chi connectivity index (χ1) is 20.6. The fourth-order valence-corrected chi connectivity index (χ4v) is 4.37. The molecule has 1 aliphatic rings. The van der Waals surface area contributed by atoms with Crippen LogP contribution < -0.4 is 29.6 Å². The van der Waals surface area contributed by atoms with Crippen molar-refractivity contribution in [3.05, 3.63) is 70.8 Å². The van der Waals surface area contributed by atoms with E-state index in [1.54, 1.807) is 43.5 Å². The Kier molecular flexibility index (Phi) is 19.6. The summed E-state index contributed by atoms with van der Waals surface area (Å²) in [6.45, 7) is 2.79. The molecule has 1 saturated carbocycles. The number of benzene rings is 2. The minimum absolute atomic E-state index is 0. The number of hydrogen-bond donors (Lipinski definition) is 0. The normalized spacial score (nSPS) is 15.6. The molecule has 3 rings (SSSR count). The van der Waals surface area contributed by atoms with Gasteiger partial charge in [0.15, 0.2) is 5.78 Å². The van der Waals surface area contributed by atoms with Gasteiger partial charge in [0, 0.05) is 19.3 Å². The zero-order valence-corrected chi connectivity index (χ0v) is 28.0. The molecule has 0 aliphatic heterocycles. The van der Waals surface area contributed by atoms with Gasteiger partial charge >= 0.3 is 47.5 Å². The predicted octanol–water partition coefficient (Wildman–Crippen LogP) is 0.959. The van der Waals surface area contributed by atoms with Crippen LogP contribution in [0.3, 0.4) is 0 Å². The Hall–Kier alpha value is -2.65. The third kappa shape index (κ3) is 15.4. The third-order valence-corrected chi connectivity index (χ3v) is 6.58. The first kappa shape index (κ1) is 39.4. The molecule has 44 heavy (non-hydrogen) atoms. The van der Waals surface area contributed by atoms with Gasteiger partial charge in [-0.1, -0.05) is 18.2 Å². The van der Waals surface area contributed by atoms with Gasteiger partial charge in [-0.2, -0.15) is 11.0 Å². The minimum atomic E-state index is -3.11. The molecule has 0 aromatic heterocycles. The van der Waals surface area contributed by atoms with Crippen LogP contribution in [0, 0.1) is 11.8 Å². The van der Waals surface area contributed by atoms with Crippen molar-refractivity contribution in [2.75, 3.05) is 46.8 Å². The molecule has 0 amide bonds. The summed E-state index contributed by atoms with van der Waals surface area (Å²) in [5.41, 5.74) is 1.25. The van der Waals surface area contributed by atoms with Crippen molar-refractivity contribution >= 4 is 34.7 Å². The summed E-state index contributed by atoms with van der Waals surface area (Å²) in [7, 11) is -1.39. The van der Waals surface area contributed by atoms with E-state index in [0.29, 0.717) is 29.6 Å². The second-order valence-electron chi connectivity index (χ2n) is 9.75. The number of carbonyl (C=O) groups is 4. The molecule has 0 atom stereocenters. The summed E-state index contributed by atoms with van der Waals surface area (Å²) in [6, 6.07) is 12.5. The quantitative estimate of drug-likeness (QED) is 0.0418. The molecule has 2 aromatic carbocycles. The SMILES string of the molecule is COCC1CCC(COC(=O)c2cccc(C(=O)OCCOCCOC(=O)c3cccc(C(C)=O)c3)c2)CC1.O=[S-](=O)[O-].[Na+]. The number of rotatable bonds is 14. The van der Waals surface area contributed by atoms with Crippen LogP contribution in [0.15, 0.2) is 48.5 Å². The zero-order valence-electron chi connectivity index (χ0n) is 25.2. The molecule has 236 valence electrons. The molecule has 0 unspecified atom stereocenters. The molecule has 1 fully saturated rings. The molecule has 14 heteroatoms. The summed E-state index contributed by atoms with van der Waals surface area (Å²) in [4.78, 5) is 48.4. The van der Waals surface area contributed by atoms with E-state index in [-0.39, 0.29) is 72.9 Å². The molecule has 0 saturated heterocycles. The molecular formula is C30H36NaO12S-. The zero-order chi connectivity index (χ0) is 31.6. The van der Waals surface area contributed by atoms with Crippen LogP contribution in [0.4, 0.5) is 0 Å². The second-order valence-corrected chi connectivity index (χ2v) is 10.2. The Labute approximate surface area is 280 Å². The van der Waals surface area contributed by atoms with Crippen LogP contribution in [-0.2, 0) is 43.1 Å². The van der Waals surface area contributed by atoms with Crippen LogP contribution in [0.25, 0.3) is 0 Å².